The number of rotatable bonds is 4. The number of hydrogen-bond donors (Lipinski definition) is 0. The fourth-order valence-electron chi connectivity index (χ4n) is 7.20. The van der Waals surface area contributed by atoms with Crippen LogP contribution in [0.15, 0.2) is 34.6 Å². The number of fused-ring (bicyclic) bond motifs is 2. The summed E-state index contributed by atoms with van der Waals surface area (Å²) in [6.45, 7) is 10.3. The summed E-state index contributed by atoms with van der Waals surface area (Å²) in [5.74, 6) is -1.15. The summed E-state index contributed by atoms with van der Waals surface area (Å²) in [6.07, 6.45) is 6.61. The molecular formula is C26H33ClO4. The Hall–Kier alpha value is -1.68. The van der Waals surface area contributed by atoms with E-state index < -0.39 is 21.6 Å². The van der Waals surface area contributed by atoms with Gasteiger partial charge in [0.2, 0.25) is 0 Å². The van der Waals surface area contributed by atoms with Crippen LogP contribution in [-0.4, -0.2) is 29.3 Å². The van der Waals surface area contributed by atoms with Crippen LogP contribution in [0.3, 0.4) is 0 Å². The lowest BCUT2D eigenvalue weighted by Crippen LogP contribution is -2.61. The van der Waals surface area contributed by atoms with Crippen LogP contribution >= 0.6 is 11.6 Å². The van der Waals surface area contributed by atoms with E-state index in [0.717, 1.165) is 12.8 Å². The molecule has 4 rings (SSSR count). The molecule has 0 aromatic carbocycles. The van der Waals surface area contributed by atoms with E-state index in [9.17, 15) is 14.4 Å². The number of carbonyl (C=O) groups excluding carboxylic acids is 3. The van der Waals surface area contributed by atoms with E-state index in [1.807, 2.05) is 6.92 Å². The largest absolute Gasteiger partial charge is 0.500 e. The number of Topliss-reactive ketones (excluding diaryl/α,β-unsaturated/α-hetero) is 2. The lowest BCUT2D eigenvalue weighted by molar-refractivity contribution is -0.149. The van der Waals surface area contributed by atoms with E-state index in [1.54, 1.807) is 0 Å². The van der Waals surface area contributed by atoms with Gasteiger partial charge >= 0.3 is 0 Å². The molecule has 0 N–H and O–H groups in total. The number of allylic oxidation sites excluding steroid dienone is 6. The van der Waals surface area contributed by atoms with Crippen LogP contribution in [0.2, 0.25) is 0 Å². The highest BCUT2D eigenvalue weighted by molar-refractivity contribution is 6.50. The van der Waals surface area contributed by atoms with Crippen LogP contribution in [0.25, 0.3) is 0 Å². The highest BCUT2D eigenvalue weighted by Gasteiger charge is 2.83. The van der Waals surface area contributed by atoms with E-state index in [2.05, 4.69) is 33.8 Å². The van der Waals surface area contributed by atoms with Crippen LogP contribution in [0, 0.1) is 28.6 Å². The minimum Gasteiger partial charge on any atom is -0.500 e. The molecule has 168 valence electrons. The molecule has 4 aliphatic carbocycles. The first-order valence-corrected chi connectivity index (χ1v) is 11.7. The Morgan fingerprint density at radius 1 is 1.19 bits per heavy atom. The standard InChI is InChI=1S/C26H33ClO4/c1-14(2)8-7-9-24(5)20-10-16(15(3)4)13-25(20)18-11-17(28)12-19(31-6)21(18)22(29)26(24,27)23(25)30/h8,12,18,20-21H,7,9-11,13H2,1-6H3/t18?,20-,21?,24-,25+,26-/m1/s1. The molecule has 1 spiro atoms. The second-order valence-corrected chi connectivity index (χ2v) is 11.2. The van der Waals surface area contributed by atoms with Crippen LogP contribution in [0.1, 0.15) is 66.7 Å². The third-order valence-corrected chi connectivity index (χ3v) is 9.54. The van der Waals surface area contributed by atoms with Crippen molar-refractivity contribution in [1.82, 2.24) is 0 Å². The summed E-state index contributed by atoms with van der Waals surface area (Å²) < 4.78 is 5.53. The first-order chi connectivity index (χ1) is 14.4. The highest BCUT2D eigenvalue weighted by Crippen LogP contribution is 2.76. The number of halogens is 1. The minimum atomic E-state index is -1.57. The summed E-state index contributed by atoms with van der Waals surface area (Å²) in [6, 6.07) is 0. The molecule has 3 saturated carbocycles. The number of hydrogen-bond acceptors (Lipinski definition) is 4. The SMILES string of the molecule is COC1=CC(=O)CC2C1C(=O)[C@@]1(Cl)C(=O)[C@@]23CC(=C(C)C)C[C@@H]3[C@@]1(C)CCC=C(C)C. The zero-order chi connectivity index (χ0) is 22.9. The van der Waals surface area contributed by atoms with E-state index in [1.165, 1.54) is 29.9 Å². The van der Waals surface area contributed by atoms with Crippen molar-refractivity contribution in [2.24, 2.45) is 28.6 Å². The Labute approximate surface area is 190 Å². The predicted octanol–water partition coefficient (Wildman–Crippen LogP) is 5.35. The molecule has 4 aliphatic rings. The second-order valence-electron chi connectivity index (χ2n) is 10.7. The van der Waals surface area contributed by atoms with Gasteiger partial charge in [-0.15, -0.1) is 11.6 Å². The van der Waals surface area contributed by atoms with Crippen LogP contribution < -0.4 is 0 Å². The minimum absolute atomic E-state index is 0.0524. The molecule has 3 fully saturated rings. The predicted molar refractivity (Wildman–Crippen MR) is 121 cm³/mol. The van der Waals surface area contributed by atoms with Gasteiger partial charge in [-0.05, 0) is 65.2 Å². The maximum Gasteiger partial charge on any atom is 0.172 e. The lowest BCUT2D eigenvalue weighted by atomic mass is 9.56. The van der Waals surface area contributed by atoms with E-state index in [-0.39, 0.29) is 35.6 Å². The van der Waals surface area contributed by atoms with Gasteiger partial charge in [0.25, 0.3) is 0 Å². The second kappa shape index (κ2) is 7.16. The Bertz CT molecular complexity index is 964. The topological polar surface area (TPSA) is 60.4 Å². The molecule has 0 saturated heterocycles. The van der Waals surface area contributed by atoms with Gasteiger partial charge in [0, 0.05) is 23.3 Å². The Morgan fingerprint density at radius 2 is 1.87 bits per heavy atom. The van der Waals surface area contributed by atoms with Crippen molar-refractivity contribution in [3.8, 4) is 0 Å². The highest BCUT2D eigenvalue weighted by atomic mass is 35.5. The van der Waals surface area contributed by atoms with Gasteiger partial charge in [-0.2, -0.15) is 0 Å². The van der Waals surface area contributed by atoms with Gasteiger partial charge in [0.15, 0.2) is 22.2 Å². The molecule has 0 radical (unpaired) electrons. The van der Waals surface area contributed by atoms with Crippen molar-refractivity contribution in [3.63, 3.8) is 0 Å². The van der Waals surface area contributed by atoms with Crippen molar-refractivity contribution < 1.29 is 19.1 Å². The molecule has 4 nitrogen and oxygen atoms in total. The molecule has 2 bridgehead atoms. The Kier molecular flexibility index (Phi) is 5.20. The molecule has 0 aromatic heterocycles. The quantitative estimate of drug-likeness (QED) is 0.333. The summed E-state index contributed by atoms with van der Waals surface area (Å²) in [5, 5.41) is 0. The average Bonchev–Trinajstić information content (AvgIpc) is 3.15. The number of carbonyl (C=O) groups is 3. The van der Waals surface area contributed by atoms with Gasteiger partial charge in [-0.25, -0.2) is 0 Å². The number of ether oxygens (including phenoxy) is 1. The van der Waals surface area contributed by atoms with Crippen molar-refractivity contribution >= 4 is 29.0 Å². The number of alkyl halides is 1. The van der Waals surface area contributed by atoms with Crippen LogP contribution in [0.4, 0.5) is 0 Å². The average molecular weight is 445 g/mol. The summed E-state index contributed by atoms with van der Waals surface area (Å²) >= 11 is 7.22. The zero-order valence-corrected chi connectivity index (χ0v) is 20.2. The third kappa shape index (κ3) is 2.70. The summed E-state index contributed by atoms with van der Waals surface area (Å²) in [5.41, 5.74) is 2.26. The molecule has 5 heteroatoms. The number of ketones is 3. The smallest absolute Gasteiger partial charge is 0.172 e. The van der Waals surface area contributed by atoms with Crippen LogP contribution in [0.5, 0.6) is 0 Å². The first kappa shape index (κ1) is 22.5. The molecular weight excluding hydrogens is 412 g/mol. The first-order valence-electron chi connectivity index (χ1n) is 11.3. The molecule has 0 heterocycles. The molecule has 0 amide bonds. The van der Waals surface area contributed by atoms with Gasteiger partial charge in [0.05, 0.1) is 13.0 Å². The summed E-state index contributed by atoms with van der Waals surface area (Å²) in [7, 11) is 1.49. The van der Waals surface area contributed by atoms with Gasteiger partial charge < -0.3 is 4.74 Å². The lowest BCUT2D eigenvalue weighted by Gasteiger charge is -2.47. The normalized spacial score (nSPS) is 41.0. The van der Waals surface area contributed by atoms with Crippen LogP contribution in [-0.2, 0) is 19.1 Å². The molecule has 2 unspecified atom stereocenters. The maximum atomic E-state index is 14.2. The summed E-state index contributed by atoms with van der Waals surface area (Å²) in [4.78, 5) is 39.2. The van der Waals surface area contributed by atoms with Crippen molar-refractivity contribution in [3.05, 3.63) is 34.6 Å². The molecule has 31 heavy (non-hydrogen) atoms. The monoisotopic (exact) mass is 444 g/mol. The zero-order valence-electron chi connectivity index (χ0n) is 19.4. The Morgan fingerprint density at radius 3 is 2.45 bits per heavy atom. The van der Waals surface area contributed by atoms with Crippen molar-refractivity contribution in [2.45, 2.75) is 71.6 Å². The molecule has 6 atom stereocenters. The maximum absolute atomic E-state index is 14.2. The third-order valence-electron chi connectivity index (χ3n) is 8.75. The fraction of sp³-hybridized carbons (Fsp3) is 0.654. The van der Waals surface area contributed by atoms with Crippen molar-refractivity contribution in [1.29, 1.82) is 0 Å². The van der Waals surface area contributed by atoms with E-state index >= 15 is 0 Å². The van der Waals surface area contributed by atoms with Gasteiger partial charge in [0.1, 0.15) is 5.76 Å². The van der Waals surface area contributed by atoms with E-state index in [4.69, 9.17) is 16.3 Å². The molecule has 0 aliphatic heterocycles. The van der Waals surface area contributed by atoms with Gasteiger partial charge in [-0.3, -0.25) is 14.4 Å². The van der Waals surface area contributed by atoms with Gasteiger partial charge in [-0.1, -0.05) is 29.7 Å². The van der Waals surface area contributed by atoms with Crippen molar-refractivity contribution in [2.75, 3.05) is 7.11 Å². The number of methoxy groups -OCH3 is 1. The fourth-order valence-corrected chi connectivity index (χ4v) is 7.72. The Balaban J connectivity index is 1.95. The molecule has 0 aromatic rings. The van der Waals surface area contributed by atoms with E-state index in [0.29, 0.717) is 18.6 Å².